The standard InChI is InChI=1S/C17H21N3O5/c1-10(2)19(16(22)25-17(3,4)5)12-9-13(20(23)24)15(21)14-11(12)7-6-8-18-14/h6-10,21H,1-5H3. The van der Waals surface area contributed by atoms with E-state index < -0.39 is 28.1 Å². The minimum absolute atomic E-state index is 0.0564. The van der Waals surface area contributed by atoms with Crippen LogP contribution in [0.5, 0.6) is 5.75 Å². The first-order valence-electron chi connectivity index (χ1n) is 7.80. The number of nitro groups is 1. The summed E-state index contributed by atoms with van der Waals surface area (Å²) in [5.41, 5.74) is -0.922. The maximum Gasteiger partial charge on any atom is 0.415 e. The van der Waals surface area contributed by atoms with Gasteiger partial charge in [0.25, 0.3) is 0 Å². The first-order chi connectivity index (χ1) is 11.5. The molecule has 0 unspecified atom stereocenters. The summed E-state index contributed by atoms with van der Waals surface area (Å²) in [5, 5.41) is 21.9. The number of aromatic nitrogens is 1. The Labute approximate surface area is 145 Å². The molecule has 2 rings (SSSR count). The van der Waals surface area contributed by atoms with Crippen molar-refractivity contribution in [3.05, 3.63) is 34.5 Å². The number of pyridine rings is 1. The van der Waals surface area contributed by atoms with Gasteiger partial charge in [-0.2, -0.15) is 0 Å². The molecule has 0 atom stereocenters. The predicted molar refractivity (Wildman–Crippen MR) is 93.9 cm³/mol. The molecule has 8 nitrogen and oxygen atoms in total. The highest BCUT2D eigenvalue weighted by molar-refractivity contribution is 6.04. The van der Waals surface area contributed by atoms with Crippen LogP contribution in [0.2, 0.25) is 0 Å². The Bertz CT molecular complexity index is 827. The maximum absolute atomic E-state index is 12.7. The molecule has 0 aliphatic heterocycles. The summed E-state index contributed by atoms with van der Waals surface area (Å²) in [4.78, 5) is 28.6. The van der Waals surface area contributed by atoms with Gasteiger partial charge in [-0.1, -0.05) is 0 Å². The Morgan fingerprint density at radius 1 is 1.40 bits per heavy atom. The van der Waals surface area contributed by atoms with Gasteiger partial charge >= 0.3 is 11.8 Å². The van der Waals surface area contributed by atoms with Gasteiger partial charge in [-0.3, -0.25) is 20.0 Å². The van der Waals surface area contributed by atoms with E-state index in [0.29, 0.717) is 5.39 Å². The number of benzene rings is 1. The van der Waals surface area contributed by atoms with Crippen molar-refractivity contribution in [1.29, 1.82) is 0 Å². The zero-order valence-corrected chi connectivity index (χ0v) is 14.8. The maximum atomic E-state index is 12.7. The van der Waals surface area contributed by atoms with E-state index in [9.17, 15) is 20.0 Å². The van der Waals surface area contributed by atoms with E-state index in [1.807, 2.05) is 0 Å². The molecule has 0 saturated carbocycles. The molecule has 1 aromatic heterocycles. The molecule has 1 amide bonds. The van der Waals surface area contributed by atoms with Crippen molar-refractivity contribution >= 4 is 28.4 Å². The van der Waals surface area contributed by atoms with Crippen LogP contribution in [-0.2, 0) is 4.74 Å². The summed E-state index contributed by atoms with van der Waals surface area (Å²) in [7, 11) is 0. The quantitative estimate of drug-likeness (QED) is 0.664. The van der Waals surface area contributed by atoms with Crippen LogP contribution in [-0.4, -0.2) is 32.7 Å². The summed E-state index contributed by atoms with van der Waals surface area (Å²) in [6.45, 7) is 8.75. The van der Waals surface area contributed by atoms with Gasteiger partial charge in [-0.15, -0.1) is 0 Å². The number of anilines is 1. The number of hydrogen-bond donors (Lipinski definition) is 1. The molecule has 1 N–H and O–H groups in total. The zero-order chi connectivity index (χ0) is 18.9. The fraction of sp³-hybridized carbons (Fsp3) is 0.412. The van der Waals surface area contributed by atoms with E-state index in [0.717, 1.165) is 0 Å². The monoisotopic (exact) mass is 347 g/mol. The molecule has 25 heavy (non-hydrogen) atoms. The molecule has 1 aromatic carbocycles. The zero-order valence-electron chi connectivity index (χ0n) is 14.8. The highest BCUT2D eigenvalue weighted by Gasteiger charge is 2.30. The SMILES string of the molecule is CC(C)N(C(=O)OC(C)(C)C)c1cc([N+](=O)[O-])c(O)c2ncccc12. The number of ether oxygens (including phenoxy) is 1. The molecule has 1 heterocycles. The summed E-state index contributed by atoms with van der Waals surface area (Å²) >= 11 is 0. The van der Waals surface area contributed by atoms with Gasteiger partial charge in [0, 0.05) is 23.7 Å². The smallest absolute Gasteiger partial charge is 0.415 e. The fourth-order valence-corrected chi connectivity index (χ4v) is 2.43. The Kier molecular flexibility index (Phi) is 4.82. The second kappa shape index (κ2) is 6.54. The molecule has 0 spiro atoms. The minimum atomic E-state index is -0.721. The molecule has 0 aliphatic carbocycles. The third-order valence-corrected chi connectivity index (χ3v) is 3.39. The van der Waals surface area contributed by atoms with Crippen LogP contribution in [0.1, 0.15) is 34.6 Å². The molecule has 2 aromatic rings. The molecular formula is C17H21N3O5. The van der Waals surface area contributed by atoms with Crippen molar-refractivity contribution in [2.45, 2.75) is 46.3 Å². The number of phenolic OH excluding ortho intramolecular Hbond substituents is 1. The summed E-state index contributed by atoms with van der Waals surface area (Å²) in [6, 6.07) is 4.11. The lowest BCUT2D eigenvalue weighted by Crippen LogP contribution is -2.41. The molecule has 0 aliphatic rings. The topological polar surface area (TPSA) is 106 Å². The van der Waals surface area contributed by atoms with Gasteiger partial charge < -0.3 is 9.84 Å². The Morgan fingerprint density at radius 2 is 2.04 bits per heavy atom. The number of carbonyl (C=O) groups excluding carboxylic acids is 1. The van der Waals surface area contributed by atoms with Crippen molar-refractivity contribution in [2.24, 2.45) is 0 Å². The van der Waals surface area contributed by atoms with Crippen LogP contribution >= 0.6 is 0 Å². The van der Waals surface area contributed by atoms with Crippen LogP contribution in [0.25, 0.3) is 10.9 Å². The molecule has 8 heteroatoms. The minimum Gasteiger partial charge on any atom is -0.501 e. The van der Waals surface area contributed by atoms with Crippen molar-refractivity contribution in [1.82, 2.24) is 4.98 Å². The fourth-order valence-electron chi connectivity index (χ4n) is 2.43. The van der Waals surface area contributed by atoms with Gasteiger partial charge in [0.2, 0.25) is 5.75 Å². The third kappa shape index (κ3) is 3.78. The highest BCUT2D eigenvalue weighted by atomic mass is 16.6. The number of rotatable bonds is 3. The number of nitro benzene ring substituents is 1. The van der Waals surface area contributed by atoms with Crippen LogP contribution in [0.4, 0.5) is 16.2 Å². The molecule has 0 fully saturated rings. The van der Waals surface area contributed by atoms with Gasteiger partial charge in [0.05, 0.1) is 10.6 Å². The predicted octanol–water partition coefficient (Wildman–Crippen LogP) is 4.00. The Balaban J connectivity index is 2.73. The van der Waals surface area contributed by atoms with Crippen LogP contribution in [0.15, 0.2) is 24.4 Å². The average molecular weight is 347 g/mol. The summed E-state index contributed by atoms with van der Waals surface area (Å²) in [5.74, 6) is -0.530. The molecule has 134 valence electrons. The van der Waals surface area contributed by atoms with E-state index in [2.05, 4.69) is 4.98 Å². The third-order valence-electron chi connectivity index (χ3n) is 3.39. The van der Waals surface area contributed by atoms with Gasteiger partial charge in [0.1, 0.15) is 11.1 Å². The first-order valence-corrected chi connectivity index (χ1v) is 7.80. The normalized spacial score (nSPS) is 11.6. The second-order valence-corrected chi connectivity index (χ2v) is 6.86. The van der Waals surface area contributed by atoms with Crippen LogP contribution < -0.4 is 4.90 Å². The number of fused-ring (bicyclic) bond motifs is 1. The van der Waals surface area contributed by atoms with Gasteiger partial charge in [0.15, 0.2) is 0 Å². The van der Waals surface area contributed by atoms with E-state index in [1.54, 1.807) is 46.8 Å². The van der Waals surface area contributed by atoms with E-state index in [4.69, 9.17) is 4.74 Å². The van der Waals surface area contributed by atoms with Crippen molar-refractivity contribution in [2.75, 3.05) is 4.90 Å². The van der Waals surface area contributed by atoms with Gasteiger partial charge in [-0.05, 0) is 46.8 Å². The Hall–Kier alpha value is -2.90. The van der Waals surface area contributed by atoms with E-state index in [-0.39, 0.29) is 17.2 Å². The number of nitrogens with zero attached hydrogens (tertiary/aromatic N) is 3. The van der Waals surface area contributed by atoms with E-state index >= 15 is 0 Å². The number of carbonyl (C=O) groups is 1. The molecular weight excluding hydrogens is 326 g/mol. The number of hydrogen-bond acceptors (Lipinski definition) is 6. The van der Waals surface area contributed by atoms with Crippen LogP contribution in [0, 0.1) is 10.1 Å². The number of amides is 1. The summed E-state index contributed by atoms with van der Waals surface area (Å²) < 4.78 is 5.43. The van der Waals surface area contributed by atoms with Crippen LogP contribution in [0.3, 0.4) is 0 Å². The largest absolute Gasteiger partial charge is 0.501 e. The Morgan fingerprint density at radius 3 is 2.56 bits per heavy atom. The number of phenols is 1. The van der Waals surface area contributed by atoms with Gasteiger partial charge in [-0.25, -0.2) is 4.79 Å². The van der Waals surface area contributed by atoms with Crippen molar-refractivity contribution < 1.29 is 19.6 Å². The lowest BCUT2D eigenvalue weighted by molar-refractivity contribution is -0.385. The average Bonchev–Trinajstić information content (AvgIpc) is 2.47. The van der Waals surface area contributed by atoms with Crippen molar-refractivity contribution in [3.63, 3.8) is 0 Å². The molecule has 0 bridgehead atoms. The molecule has 0 radical (unpaired) electrons. The number of aromatic hydroxyl groups is 1. The lowest BCUT2D eigenvalue weighted by Gasteiger charge is -2.30. The second-order valence-electron chi connectivity index (χ2n) is 6.86. The first kappa shape index (κ1) is 18.4. The highest BCUT2D eigenvalue weighted by Crippen LogP contribution is 2.40. The lowest BCUT2D eigenvalue weighted by atomic mass is 10.1. The van der Waals surface area contributed by atoms with E-state index in [1.165, 1.54) is 17.2 Å². The van der Waals surface area contributed by atoms with Crippen molar-refractivity contribution in [3.8, 4) is 5.75 Å². The molecule has 0 saturated heterocycles. The summed E-state index contributed by atoms with van der Waals surface area (Å²) in [6.07, 6.45) is 0.788.